The van der Waals surface area contributed by atoms with Crippen LogP contribution in [0.4, 0.5) is 5.95 Å². The van der Waals surface area contributed by atoms with Gasteiger partial charge < -0.3 is 9.80 Å². The molecule has 1 amide bonds. The standard InChI is InChI=1S/C20H26N4O/c1-3-16(2)18(17-8-5-4-6-9-17)19(25)23-12-14-24(15-13-23)20-21-10-7-11-22-20/h4-11,16,18H,3,12-15H2,1-2H3. The van der Waals surface area contributed by atoms with E-state index in [1.165, 1.54) is 0 Å². The molecule has 1 aromatic carbocycles. The minimum absolute atomic E-state index is 0.0641. The number of carbonyl (C=O) groups excluding carboxylic acids is 1. The zero-order valence-corrected chi connectivity index (χ0v) is 15.0. The van der Waals surface area contributed by atoms with Gasteiger partial charge in [-0.1, -0.05) is 50.6 Å². The number of carbonyl (C=O) groups is 1. The van der Waals surface area contributed by atoms with E-state index in [0.29, 0.717) is 5.92 Å². The summed E-state index contributed by atoms with van der Waals surface area (Å²) in [5.74, 6) is 1.25. The van der Waals surface area contributed by atoms with Crippen molar-refractivity contribution < 1.29 is 4.79 Å². The normalized spacial score (nSPS) is 17.2. The van der Waals surface area contributed by atoms with Gasteiger partial charge in [0.2, 0.25) is 11.9 Å². The molecule has 1 fully saturated rings. The maximum absolute atomic E-state index is 13.2. The van der Waals surface area contributed by atoms with E-state index in [4.69, 9.17) is 0 Å². The second kappa shape index (κ2) is 8.10. The Labute approximate surface area is 149 Å². The molecule has 132 valence electrons. The third-order valence-corrected chi connectivity index (χ3v) is 5.06. The summed E-state index contributed by atoms with van der Waals surface area (Å²) in [7, 11) is 0. The molecule has 2 aromatic rings. The van der Waals surface area contributed by atoms with Crippen LogP contribution in [-0.4, -0.2) is 47.0 Å². The number of aromatic nitrogens is 2. The number of anilines is 1. The van der Waals surface area contributed by atoms with Crippen molar-refractivity contribution in [1.29, 1.82) is 0 Å². The Morgan fingerprint density at radius 2 is 1.68 bits per heavy atom. The fraction of sp³-hybridized carbons (Fsp3) is 0.450. The van der Waals surface area contributed by atoms with Gasteiger partial charge in [0.25, 0.3) is 0 Å². The Kier molecular flexibility index (Phi) is 5.64. The van der Waals surface area contributed by atoms with Gasteiger partial charge in [-0.25, -0.2) is 9.97 Å². The molecule has 0 radical (unpaired) electrons. The summed E-state index contributed by atoms with van der Waals surface area (Å²) in [5, 5.41) is 0. The third kappa shape index (κ3) is 3.98. The van der Waals surface area contributed by atoms with Crippen molar-refractivity contribution in [3.8, 4) is 0 Å². The molecule has 2 heterocycles. The first-order valence-electron chi connectivity index (χ1n) is 9.06. The van der Waals surface area contributed by atoms with Crippen molar-refractivity contribution in [3.63, 3.8) is 0 Å². The summed E-state index contributed by atoms with van der Waals surface area (Å²) in [6.07, 6.45) is 4.51. The summed E-state index contributed by atoms with van der Waals surface area (Å²) in [5.41, 5.74) is 1.12. The highest BCUT2D eigenvalue weighted by Crippen LogP contribution is 2.29. The fourth-order valence-corrected chi connectivity index (χ4v) is 3.39. The Morgan fingerprint density at radius 3 is 2.28 bits per heavy atom. The van der Waals surface area contributed by atoms with Crippen LogP contribution in [0, 0.1) is 5.92 Å². The van der Waals surface area contributed by atoms with Gasteiger partial charge in [0.05, 0.1) is 5.92 Å². The Balaban J connectivity index is 1.69. The van der Waals surface area contributed by atoms with Gasteiger partial charge in [-0.05, 0) is 17.5 Å². The molecule has 0 bridgehead atoms. The van der Waals surface area contributed by atoms with Crippen LogP contribution < -0.4 is 4.90 Å². The molecule has 2 unspecified atom stereocenters. The highest BCUT2D eigenvalue weighted by Gasteiger charge is 2.31. The Bertz CT molecular complexity index is 669. The van der Waals surface area contributed by atoms with E-state index < -0.39 is 0 Å². The smallest absolute Gasteiger partial charge is 0.230 e. The van der Waals surface area contributed by atoms with Gasteiger partial charge in [0, 0.05) is 38.6 Å². The van der Waals surface area contributed by atoms with Crippen LogP contribution in [0.25, 0.3) is 0 Å². The Morgan fingerprint density at radius 1 is 1.04 bits per heavy atom. The summed E-state index contributed by atoms with van der Waals surface area (Å²) < 4.78 is 0. The van der Waals surface area contributed by atoms with Crippen molar-refractivity contribution in [2.45, 2.75) is 26.2 Å². The van der Waals surface area contributed by atoms with Crippen molar-refractivity contribution >= 4 is 11.9 Å². The third-order valence-electron chi connectivity index (χ3n) is 5.06. The van der Waals surface area contributed by atoms with E-state index in [1.54, 1.807) is 12.4 Å². The van der Waals surface area contributed by atoms with Gasteiger partial charge in [-0.2, -0.15) is 0 Å². The van der Waals surface area contributed by atoms with Crippen LogP contribution in [-0.2, 0) is 4.79 Å². The zero-order valence-electron chi connectivity index (χ0n) is 15.0. The van der Waals surface area contributed by atoms with Crippen LogP contribution >= 0.6 is 0 Å². The van der Waals surface area contributed by atoms with E-state index in [-0.39, 0.29) is 11.8 Å². The summed E-state index contributed by atoms with van der Waals surface area (Å²) in [6, 6.07) is 12.0. The van der Waals surface area contributed by atoms with E-state index >= 15 is 0 Å². The maximum atomic E-state index is 13.2. The molecule has 0 N–H and O–H groups in total. The number of nitrogens with zero attached hydrogens (tertiary/aromatic N) is 4. The van der Waals surface area contributed by atoms with Gasteiger partial charge >= 0.3 is 0 Å². The van der Waals surface area contributed by atoms with Crippen molar-refractivity contribution in [3.05, 3.63) is 54.4 Å². The number of piperazine rings is 1. The van der Waals surface area contributed by atoms with E-state index in [0.717, 1.165) is 44.1 Å². The average Bonchev–Trinajstić information content (AvgIpc) is 2.69. The summed E-state index contributed by atoms with van der Waals surface area (Å²) in [6.45, 7) is 7.31. The lowest BCUT2D eigenvalue weighted by Crippen LogP contribution is -2.51. The number of amides is 1. The molecule has 0 aliphatic carbocycles. The van der Waals surface area contributed by atoms with Crippen LogP contribution in [0.3, 0.4) is 0 Å². The number of hydrogen-bond donors (Lipinski definition) is 0. The van der Waals surface area contributed by atoms with E-state index in [1.807, 2.05) is 29.2 Å². The average molecular weight is 338 g/mol. The van der Waals surface area contributed by atoms with Crippen molar-refractivity contribution in [2.75, 3.05) is 31.1 Å². The first-order chi connectivity index (χ1) is 12.2. The largest absolute Gasteiger partial charge is 0.339 e. The second-order valence-electron chi connectivity index (χ2n) is 6.64. The Hall–Kier alpha value is -2.43. The molecule has 1 aliphatic rings. The number of rotatable bonds is 5. The molecule has 25 heavy (non-hydrogen) atoms. The van der Waals surface area contributed by atoms with Crippen LogP contribution in [0.15, 0.2) is 48.8 Å². The van der Waals surface area contributed by atoms with Gasteiger partial charge in [0.15, 0.2) is 0 Å². The molecular formula is C20H26N4O. The highest BCUT2D eigenvalue weighted by molar-refractivity contribution is 5.84. The van der Waals surface area contributed by atoms with Crippen LogP contribution in [0.5, 0.6) is 0 Å². The predicted molar refractivity (Wildman–Crippen MR) is 99.5 cm³/mol. The van der Waals surface area contributed by atoms with E-state index in [2.05, 4.69) is 40.8 Å². The first kappa shape index (κ1) is 17.4. The minimum Gasteiger partial charge on any atom is -0.339 e. The first-order valence-corrected chi connectivity index (χ1v) is 9.06. The predicted octanol–water partition coefficient (Wildman–Crippen LogP) is 2.96. The molecule has 5 heteroatoms. The lowest BCUT2D eigenvalue weighted by molar-refractivity contribution is -0.134. The topological polar surface area (TPSA) is 49.3 Å². The summed E-state index contributed by atoms with van der Waals surface area (Å²) >= 11 is 0. The highest BCUT2D eigenvalue weighted by atomic mass is 16.2. The van der Waals surface area contributed by atoms with Crippen molar-refractivity contribution in [2.24, 2.45) is 5.92 Å². The van der Waals surface area contributed by atoms with E-state index in [9.17, 15) is 4.79 Å². The van der Waals surface area contributed by atoms with Gasteiger partial charge in [-0.3, -0.25) is 4.79 Å². The number of benzene rings is 1. The SMILES string of the molecule is CCC(C)C(C(=O)N1CCN(c2ncccn2)CC1)c1ccccc1. The zero-order chi connectivity index (χ0) is 17.6. The molecule has 0 saturated carbocycles. The quantitative estimate of drug-likeness (QED) is 0.841. The lowest BCUT2D eigenvalue weighted by atomic mass is 9.84. The van der Waals surface area contributed by atoms with Crippen LogP contribution in [0.2, 0.25) is 0 Å². The second-order valence-corrected chi connectivity index (χ2v) is 6.64. The van der Waals surface area contributed by atoms with Gasteiger partial charge in [0.1, 0.15) is 0 Å². The maximum Gasteiger partial charge on any atom is 0.230 e. The summed E-state index contributed by atoms with van der Waals surface area (Å²) in [4.78, 5) is 26.0. The van der Waals surface area contributed by atoms with Gasteiger partial charge in [-0.15, -0.1) is 0 Å². The number of hydrogen-bond acceptors (Lipinski definition) is 4. The van der Waals surface area contributed by atoms with Crippen LogP contribution in [0.1, 0.15) is 31.7 Å². The monoisotopic (exact) mass is 338 g/mol. The molecular weight excluding hydrogens is 312 g/mol. The lowest BCUT2D eigenvalue weighted by Gasteiger charge is -2.37. The molecule has 1 aliphatic heterocycles. The molecule has 1 saturated heterocycles. The molecule has 1 aromatic heterocycles. The molecule has 5 nitrogen and oxygen atoms in total. The molecule has 3 rings (SSSR count). The minimum atomic E-state index is -0.0641. The fourth-order valence-electron chi connectivity index (χ4n) is 3.39. The molecule has 0 spiro atoms. The molecule has 2 atom stereocenters. The van der Waals surface area contributed by atoms with Crippen molar-refractivity contribution in [1.82, 2.24) is 14.9 Å².